The molecule has 0 saturated carbocycles. The van der Waals surface area contributed by atoms with Crippen molar-refractivity contribution in [3.63, 3.8) is 0 Å². The maximum atomic E-state index is 13.6. The Morgan fingerprint density at radius 3 is 2.83 bits per heavy atom. The highest BCUT2D eigenvalue weighted by molar-refractivity contribution is 5.20. The van der Waals surface area contributed by atoms with Crippen LogP contribution in [-0.2, 0) is 13.0 Å². The third kappa shape index (κ3) is 2.56. The number of hydrogen-bond acceptors (Lipinski definition) is 3. The van der Waals surface area contributed by atoms with Gasteiger partial charge in [0.2, 0.25) is 0 Å². The maximum Gasteiger partial charge on any atom is 0.126 e. The summed E-state index contributed by atoms with van der Waals surface area (Å²) in [5.41, 5.74) is 1.67. The Kier molecular flexibility index (Phi) is 4.04. The second-order valence-electron chi connectivity index (χ2n) is 4.11. The van der Waals surface area contributed by atoms with E-state index in [1.807, 2.05) is 24.7 Å². The predicted octanol–water partition coefficient (Wildman–Crippen LogP) is 1.94. The van der Waals surface area contributed by atoms with Crippen molar-refractivity contribution >= 4 is 0 Å². The van der Waals surface area contributed by atoms with Gasteiger partial charge in [0.15, 0.2) is 0 Å². The van der Waals surface area contributed by atoms with Crippen LogP contribution in [0, 0.1) is 5.82 Å². The SMILES string of the molecule is CCn1nncc1C(Cc1ccccc1F)NC. The molecule has 0 saturated heterocycles. The Morgan fingerprint density at radius 2 is 2.17 bits per heavy atom. The van der Waals surface area contributed by atoms with Crippen LogP contribution in [0.3, 0.4) is 0 Å². The molecule has 4 nitrogen and oxygen atoms in total. The van der Waals surface area contributed by atoms with E-state index in [1.165, 1.54) is 6.07 Å². The van der Waals surface area contributed by atoms with Gasteiger partial charge in [-0.3, -0.25) is 0 Å². The van der Waals surface area contributed by atoms with Gasteiger partial charge in [-0.25, -0.2) is 9.07 Å². The number of benzene rings is 1. The molecule has 1 N–H and O–H groups in total. The van der Waals surface area contributed by atoms with Gasteiger partial charge in [0, 0.05) is 6.54 Å². The molecule has 1 heterocycles. The summed E-state index contributed by atoms with van der Waals surface area (Å²) in [6.07, 6.45) is 2.31. The first-order valence-corrected chi connectivity index (χ1v) is 6.05. The van der Waals surface area contributed by atoms with Gasteiger partial charge in [0.1, 0.15) is 5.82 Å². The quantitative estimate of drug-likeness (QED) is 0.879. The van der Waals surface area contributed by atoms with Crippen molar-refractivity contribution in [2.24, 2.45) is 0 Å². The molecule has 96 valence electrons. The van der Waals surface area contributed by atoms with Crippen molar-refractivity contribution in [2.45, 2.75) is 25.9 Å². The lowest BCUT2D eigenvalue weighted by atomic mass is 10.0. The topological polar surface area (TPSA) is 42.7 Å². The average Bonchev–Trinajstić information content (AvgIpc) is 2.86. The van der Waals surface area contributed by atoms with E-state index in [0.717, 1.165) is 12.2 Å². The molecule has 0 radical (unpaired) electrons. The van der Waals surface area contributed by atoms with Gasteiger partial charge in [-0.05, 0) is 32.0 Å². The minimum absolute atomic E-state index is 0.0110. The Labute approximate surface area is 106 Å². The van der Waals surface area contributed by atoms with Crippen molar-refractivity contribution < 1.29 is 4.39 Å². The minimum atomic E-state index is -0.173. The van der Waals surface area contributed by atoms with Crippen molar-refractivity contribution in [2.75, 3.05) is 7.05 Å². The number of hydrogen-bond donors (Lipinski definition) is 1. The standard InChI is InChI=1S/C13H17FN4/c1-3-18-13(9-16-17-18)12(15-2)8-10-6-4-5-7-11(10)14/h4-7,9,12,15H,3,8H2,1-2H3. The molecular weight excluding hydrogens is 231 g/mol. The number of aromatic nitrogens is 3. The molecule has 0 fully saturated rings. The number of halogens is 1. The van der Waals surface area contributed by atoms with Crippen LogP contribution in [0.15, 0.2) is 30.5 Å². The molecule has 1 atom stereocenters. The zero-order valence-corrected chi connectivity index (χ0v) is 10.6. The summed E-state index contributed by atoms with van der Waals surface area (Å²) >= 11 is 0. The second kappa shape index (κ2) is 5.73. The van der Waals surface area contributed by atoms with E-state index in [0.29, 0.717) is 12.0 Å². The summed E-state index contributed by atoms with van der Waals surface area (Å²) in [6, 6.07) is 6.85. The van der Waals surface area contributed by atoms with Gasteiger partial charge >= 0.3 is 0 Å². The molecule has 0 aliphatic carbocycles. The fraction of sp³-hybridized carbons (Fsp3) is 0.385. The van der Waals surface area contributed by atoms with Gasteiger partial charge < -0.3 is 5.32 Å². The van der Waals surface area contributed by atoms with Crippen molar-refractivity contribution in [1.29, 1.82) is 0 Å². The van der Waals surface area contributed by atoms with E-state index in [1.54, 1.807) is 18.3 Å². The molecule has 0 aliphatic heterocycles. The van der Waals surface area contributed by atoms with Crippen LogP contribution in [-0.4, -0.2) is 22.0 Å². The molecule has 2 rings (SSSR count). The first-order chi connectivity index (χ1) is 8.76. The highest BCUT2D eigenvalue weighted by atomic mass is 19.1. The van der Waals surface area contributed by atoms with Crippen LogP contribution in [0.2, 0.25) is 0 Å². The van der Waals surface area contributed by atoms with Crippen molar-refractivity contribution in [3.8, 4) is 0 Å². The second-order valence-corrected chi connectivity index (χ2v) is 4.11. The zero-order chi connectivity index (χ0) is 13.0. The Balaban J connectivity index is 2.23. The third-order valence-corrected chi connectivity index (χ3v) is 3.03. The van der Waals surface area contributed by atoms with Gasteiger partial charge in [0.05, 0.1) is 17.9 Å². The fourth-order valence-corrected chi connectivity index (χ4v) is 2.02. The zero-order valence-electron chi connectivity index (χ0n) is 10.6. The number of rotatable bonds is 5. The molecular formula is C13H17FN4. The summed E-state index contributed by atoms with van der Waals surface area (Å²) in [7, 11) is 1.86. The van der Waals surface area contributed by atoms with Crippen LogP contribution in [0.1, 0.15) is 24.2 Å². The van der Waals surface area contributed by atoms with Gasteiger partial charge in [0.25, 0.3) is 0 Å². The first kappa shape index (κ1) is 12.7. The summed E-state index contributed by atoms with van der Waals surface area (Å²) in [6.45, 7) is 2.76. The van der Waals surface area contributed by atoms with Crippen LogP contribution in [0.4, 0.5) is 4.39 Å². The number of nitrogens with zero attached hydrogens (tertiary/aromatic N) is 3. The average molecular weight is 248 g/mol. The van der Waals surface area contributed by atoms with E-state index in [2.05, 4.69) is 15.6 Å². The largest absolute Gasteiger partial charge is 0.311 e. The highest BCUT2D eigenvalue weighted by Crippen LogP contribution is 2.19. The van der Waals surface area contributed by atoms with E-state index in [9.17, 15) is 4.39 Å². The number of nitrogens with one attached hydrogen (secondary N) is 1. The first-order valence-electron chi connectivity index (χ1n) is 6.05. The molecule has 0 amide bonds. The van der Waals surface area contributed by atoms with E-state index in [4.69, 9.17) is 0 Å². The predicted molar refractivity (Wildman–Crippen MR) is 67.6 cm³/mol. The van der Waals surface area contributed by atoms with Gasteiger partial charge in [-0.2, -0.15) is 0 Å². The summed E-state index contributed by atoms with van der Waals surface area (Å²) in [5.74, 6) is -0.173. The molecule has 18 heavy (non-hydrogen) atoms. The lowest BCUT2D eigenvalue weighted by molar-refractivity contribution is 0.498. The highest BCUT2D eigenvalue weighted by Gasteiger charge is 2.16. The smallest absolute Gasteiger partial charge is 0.126 e. The molecule has 1 unspecified atom stereocenters. The van der Waals surface area contributed by atoms with E-state index >= 15 is 0 Å². The van der Waals surface area contributed by atoms with Crippen LogP contribution in [0.25, 0.3) is 0 Å². The molecule has 1 aromatic carbocycles. The van der Waals surface area contributed by atoms with Crippen LogP contribution < -0.4 is 5.32 Å². The number of likely N-dealkylation sites (N-methyl/N-ethyl adjacent to an activating group) is 1. The molecule has 0 aliphatic rings. The maximum absolute atomic E-state index is 13.6. The third-order valence-electron chi connectivity index (χ3n) is 3.03. The fourth-order valence-electron chi connectivity index (χ4n) is 2.02. The normalized spacial score (nSPS) is 12.6. The lowest BCUT2D eigenvalue weighted by Gasteiger charge is -2.17. The van der Waals surface area contributed by atoms with Crippen molar-refractivity contribution in [3.05, 3.63) is 47.5 Å². The summed E-state index contributed by atoms with van der Waals surface area (Å²) in [4.78, 5) is 0. The number of aryl methyl sites for hydroxylation is 1. The van der Waals surface area contributed by atoms with Gasteiger partial charge in [-0.15, -0.1) is 5.10 Å². The molecule has 0 bridgehead atoms. The van der Waals surface area contributed by atoms with Gasteiger partial charge in [-0.1, -0.05) is 23.4 Å². The van der Waals surface area contributed by atoms with E-state index < -0.39 is 0 Å². The molecule has 0 spiro atoms. The molecule has 1 aromatic heterocycles. The molecule has 2 aromatic rings. The summed E-state index contributed by atoms with van der Waals surface area (Å²) in [5, 5.41) is 11.1. The Morgan fingerprint density at radius 1 is 1.39 bits per heavy atom. The van der Waals surface area contributed by atoms with Crippen LogP contribution in [0.5, 0.6) is 0 Å². The van der Waals surface area contributed by atoms with E-state index in [-0.39, 0.29) is 11.9 Å². The Hall–Kier alpha value is -1.75. The monoisotopic (exact) mass is 248 g/mol. The lowest BCUT2D eigenvalue weighted by Crippen LogP contribution is -2.22. The van der Waals surface area contributed by atoms with Crippen molar-refractivity contribution in [1.82, 2.24) is 20.3 Å². The Bertz CT molecular complexity index is 509. The summed E-state index contributed by atoms with van der Waals surface area (Å²) < 4.78 is 15.5. The molecule has 5 heteroatoms. The van der Waals surface area contributed by atoms with Crippen LogP contribution >= 0.6 is 0 Å². The minimum Gasteiger partial charge on any atom is -0.311 e.